The maximum absolute atomic E-state index is 10.9. The van der Waals surface area contributed by atoms with Crippen molar-refractivity contribution in [2.24, 2.45) is 5.92 Å². The zero-order valence-corrected chi connectivity index (χ0v) is 7.30. The summed E-state index contributed by atoms with van der Waals surface area (Å²) < 4.78 is 5.14. The minimum atomic E-state index is -0.00824. The molecule has 1 aliphatic heterocycles. The van der Waals surface area contributed by atoms with Crippen molar-refractivity contribution in [3.05, 3.63) is 0 Å². The van der Waals surface area contributed by atoms with Crippen LogP contribution in [0, 0.1) is 5.92 Å². The molecular weight excluding hydrogens is 140 g/mol. The molecule has 0 amide bonds. The van der Waals surface area contributed by atoms with Crippen molar-refractivity contribution >= 4 is 5.97 Å². The van der Waals surface area contributed by atoms with Crippen molar-refractivity contribution in [3.8, 4) is 0 Å². The Labute approximate surface area is 67.9 Å². The van der Waals surface area contributed by atoms with Crippen LogP contribution in [0.1, 0.15) is 39.5 Å². The van der Waals surface area contributed by atoms with E-state index >= 15 is 0 Å². The van der Waals surface area contributed by atoms with Crippen LogP contribution < -0.4 is 0 Å². The van der Waals surface area contributed by atoms with Gasteiger partial charge < -0.3 is 4.74 Å². The van der Waals surface area contributed by atoms with E-state index in [0.29, 0.717) is 0 Å². The summed E-state index contributed by atoms with van der Waals surface area (Å²) in [5, 5.41) is 0. The van der Waals surface area contributed by atoms with Crippen LogP contribution in [0.2, 0.25) is 0 Å². The van der Waals surface area contributed by atoms with Crippen LogP contribution in [0.4, 0.5) is 0 Å². The normalized spacial score (nSPS) is 30.5. The molecule has 0 saturated carbocycles. The predicted molar refractivity (Wildman–Crippen MR) is 43.2 cm³/mol. The number of rotatable bonds is 3. The highest BCUT2D eigenvalue weighted by molar-refractivity contribution is 5.74. The molecular formula is C9H16O2. The molecule has 64 valence electrons. The molecule has 0 bridgehead atoms. The highest BCUT2D eigenvalue weighted by atomic mass is 16.5. The third-order valence-electron chi connectivity index (χ3n) is 2.18. The van der Waals surface area contributed by atoms with E-state index in [4.69, 9.17) is 4.74 Å². The number of carbonyl (C=O) groups excluding carboxylic acids is 1. The molecule has 0 unspecified atom stereocenters. The molecule has 0 aromatic carbocycles. The van der Waals surface area contributed by atoms with Gasteiger partial charge in [-0.3, -0.25) is 4.79 Å². The van der Waals surface area contributed by atoms with Crippen LogP contribution in [0.3, 0.4) is 0 Å². The van der Waals surface area contributed by atoms with Crippen molar-refractivity contribution in [2.75, 3.05) is 0 Å². The lowest BCUT2D eigenvalue weighted by Crippen LogP contribution is -2.05. The molecule has 0 spiro atoms. The summed E-state index contributed by atoms with van der Waals surface area (Å²) in [7, 11) is 0. The highest BCUT2D eigenvalue weighted by Crippen LogP contribution is 2.23. The Morgan fingerprint density at radius 3 is 2.82 bits per heavy atom. The van der Waals surface area contributed by atoms with Crippen molar-refractivity contribution < 1.29 is 9.53 Å². The van der Waals surface area contributed by atoms with Gasteiger partial charge in [-0.15, -0.1) is 0 Å². The maximum atomic E-state index is 10.9. The summed E-state index contributed by atoms with van der Waals surface area (Å²) in [6, 6.07) is 0. The lowest BCUT2D eigenvalue weighted by atomic mass is 10.0. The summed E-state index contributed by atoms with van der Waals surface area (Å²) in [5.74, 6) is 0.128. The lowest BCUT2D eigenvalue weighted by molar-refractivity contribution is -0.144. The van der Waals surface area contributed by atoms with E-state index in [9.17, 15) is 4.79 Å². The Morgan fingerprint density at radius 1 is 1.64 bits per heavy atom. The molecule has 1 aliphatic rings. The van der Waals surface area contributed by atoms with Gasteiger partial charge in [0.1, 0.15) is 6.10 Å². The van der Waals surface area contributed by atoms with Crippen LogP contribution in [-0.2, 0) is 9.53 Å². The van der Waals surface area contributed by atoms with Gasteiger partial charge in [-0.05, 0) is 12.8 Å². The molecule has 2 heteroatoms. The van der Waals surface area contributed by atoms with Crippen LogP contribution in [0.15, 0.2) is 0 Å². The summed E-state index contributed by atoms with van der Waals surface area (Å²) in [6.07, 6.45) is 4.55. The molecule has 0 aliphatic carbocycles. The van der Waals surface area contributed by atoms with Crippen LogP contribution in [0.25, 0.3) is 0 Å². The van der Waals surface area contributed by atoms with Gasteiger partial charge in [0.05, 0.1) is 5.92 Å². The zero-order chi connectivity index (χ0) is 8.27. The van der Waals surface area contributed by atoms with Crippen molar-refractivity contribution in [3.63, 3.8) is 0 Å². The Kier molecular flexibility index (Phi) is 2.92. The maximum Gasteiger partial charge on any atom is 0.309 e. The summed E-state index contributed by atoms with van der Waals surface area (Å²) in [4.78, 5) is 10.9. The third-order valence-corrected chi connectivity index (χ3v) is 2.18. The molecule has 1 fully saturated rings. The standard InChI is InChI=1S/C9H16O2/c1-3-4-5-8-6-7(2)9(10)11-8/h7-8H,3-6H2,1-2H3/t7-,8-/m1/s1. The Bertz CT molecular complexity index is 142. The minimum absolute atomic E-state index is 0.00824. The Balaban J connectivity index is 2.24. The minimum Gasteiger partial charge on any atom is -0.462 e. The largest absolute Gasteiger partial charge is 0.462 e. The number of ether oxygens (including phenoxy) is 1. The van der Waals surface area contributed by atoms with E-state index < -0.39 is 0 Å². The SMILES string of the molecule is CCCC[C@@H]1C[C@@H](C)C(=O)O1. The van der Waals surface area contributed by atoms with Crippen molar-refractivity contribution in [1.29, 1.82) is 0 Å². The molecule has 0 radical (unpaired) electrons. The molecule has 11 heavy (non-hydrogen) atoms. The molecule has 1 rings (SSSR count). The smallest absolute Gasteiger partial charge is 0.309 e. The van der Waals surface area contributed by atoms with Crippen LogP contribution in [-0.4, -0.2) is 12.1 Å². The lowest BCUT2D eigenvalue weighted by Gasteiger charge is -2.06. The van der Waals surface area contributed by atoms with Gasteiger partial charge in [-0.1, -0.05) is 26.7 Å². The van der Waals surface area contributed by atoms with Crippen LogP contribution in [0.5, 0.6) is 0 Å². The number of cyclic esters (lactones) is 1. The Morgan fingerprint density at radius 2 is 2.36 bits per heavy atom. The van der Waals surface area contributed by atoms with Crippen LogP contribution >= 0.6 is 0 Å². The fourth-order valence-corrected chi connectivity index (χ4v) is 1.43. The quantitative estimate of drug-likeness (QED) is 0.585. The van der Waals surface area contributed by atoms with Gasteiger partial charge >= 0.3 is 5.97 Å². The summed E-state index contributed by atoms with van der Waals surface area (Å²) in [5.41, 5.74) is 0. The van der Waals surface area contributed by atoms with Gasteiger partial charge in [-0.25, -0.2) is 0 Å². The molecule has 1 heterocycles. The van der Waals surface area contributed by atoms with E-state index in [1.807, 2.05) is 6.92 Å². The van der Waals surface area contributed by atoms with E-state index in [1.54, 1.807) is 0 Å². The fraction of sp³-hybridized carbons (Fsp3) is 0.889. The van der Waals surface area contributed by atoms with Gasteiger partial charge in [0.15, 0.2) is 0 Å². The van der Waals surface area contributed by atoms with Gasteiger partial charge in [0.2, 0.25) is 0 Å². The number of esters is 1. The number of hydrogen-bond donors (Lipinski definition) is 0. The van der Waals surface area contributed by atoms with E-state index in [1.165, 1.54) is 12.8 Å². The van der Waals surface area contributed by atoms with Crippen molar-refractivity contribution in [2.45, 2.75) is 45.6 Å². The molecule has 2 nitrogen and oxygen atoms in total. The first-order valence-corrected chi connectivity index (χ1v) is 4.44. The summed E-state index contributed by atoms with van der Waals surface area (Å²) >= 11 is 0. The number of hydrogen-bond acceptors (Lipinski definition) is 2. The van der Waals surface area contributed by atoms with Gasteiger partial charge in [0.25, 0.3) is 0 Å². The van der Waals surface area contributed by atoms with Crippen molar-refractivity contribution in [1.82, 2.24) is 0 Å². The van der Waals surface area contributed by atoms with E-state index in [-0.39, 0.29) is 18.0 Å². The monoisotopic (exact) mass is 156 g/mol. The first kappa shape index (κ1) is 8.57. The molecule has 2 atom stereocenters. The average Bonchev–Trinajstić information content (AvgIpc) is 2.28. The summed E-state index contributed by atoms with van der Waals surface area (Å²) in [6.45, 7) is 4.09. The fourth-order valence-electron chi connectivity index (χ4n) is 1.43. The second kappa shape index (κ2) is 3.74. The van der Waals surface area contributed by atoms with Gasteiger partial charge in [-0.2, -0.15) is 0 Å². The van der Waals surface area contributed by atoms with E-state index in [0.717, 1.165) is 12.8 Å². The predicted octanol–water partition coefficient (Wildman–Crippen LogP) is 2.13. The molecule has 0 aromatic heterocycles. The highest BCUT2D eigenvalue weighted by Gasteiger charge is 2.29. The number of carbonyl (C=O) groups is 1. The van der Waals surface area contributed by atoms with Gasteiger partial charge in [0, 0.05) is 0 Å². The molecule has 0 N–H and O–H groups in total. The zero-order valence-electron chi connectivity index (χ0n) is 7.30. The molecule has 1 saturated heterocycles. The third kappa shape index (κ3) is 2.21. The van der Waals surface area contributed by atoms with E-state index in [2.05, 4.69) is 6.92 Å². The number of unbranched alkanes of at least 4 members (excludes halogenated alkanes) is 1. The topological polar surface area (TPSA) is 26.3 Å². The first-order valence-electron chi connectivity index (χ1n) is 4.44. The Hall–Kier alpha value is -0.530. The second-order valence-electron chi connectivity index (χ2n) is 3.34. The second-order valence-corrected chi connectivity index (χ2v) is 3.34. The molecule has 0 aromatic rings. The first-order chi connectivity index (χ1) is 5.24. The average molecular weight is 156 g/mol.